The monoisotopic (exact) mass is 612 g/mol. The van der Waals surface area contributed by atoms with Gasteiger partial charge in [0.1, 0.15) is 0 Å². The molecule has 1 heterocycles. The van der Waals surface area contributed by atoms with Gasteiger partial charge in [0.2, 0.25) is 0 Å². The molecule has 0 radical (unpaired) electrons. The third-order valence-electron chi connectivity index (χ3n) is 9.38. The maximum atomic E-state index is 2.43. The highest BCUT2D eigenvalue weighted by Crippen LogP contribution is 2.45. The van der Waals surface area contributed by atoms with Crippen LogP contribution in [0.3, 0.4) is 0 Å². The Morgan fingerprint density at radius 1 is 0.354 bits per heavy atom. The molecule has 0 fully saturated rings. The minimum absolute atomic E-state index is 1.10. The van der Waals surface area contributed by atoms with Crippen molar-refractivity contribution >= 4 is 49.6 Å². The van der Waals surface area contributed by atoms with Crippen LogP contribution in [0.5, 0.6) is 0 Å². The van der Waals surface area contributed by atoms with E-state index in [-0.39, 0.29) is 0 Å². The zero-order valence-corrected chi connectivity index (χ0v) is 26.4. The standard InChI is InChI=1S/C46H32N2/c1-3-14-33(15-4-1)34-26-28-37(29-27-34)47(43-25-13-19-35-18-7-8-20-39(35)43)46-31-30-38(32-42(46)36-16-5-2-6-17-36)48-44-23-11-9-21-40(44)41-22-10-12-24-45(41)48/h1-32H. The summed E-state index contributed by atoms with van der Waals surface area (Å²) in [5.41, 5.74) is 11.6. The van der Waals surface area contributed by atoms with Crippen molar-refractivity contribution in [3.05, 3.63) is 194 Å². The third kappa shape index (κ3) is 4.74. The van der Waals surface area contributed by atoms with Gasteiger partial charge < -0.3 is 9.47 Å². The van der Waals surface area contributed by atoms with Gasteiger partial charge in [0.05, 0.1) is 22.4 Å². The number of nitrogens with zero attached hydrogens (tertiary/aromatic N) is 2. The number of benzene rings is 8. The number of hydrogen-bond acceptors (Lipinski definition) is 1. The number of rotatable bonds is 6. The molecule has 9 aromatic rings. The molecule has 226 valence electrons. The molecule has 0 atom stereocenters. The Balaban J connectivity index is 1.30. The van der Waals surface area contributed by atoms with Crippen molar-refractivity contribution < 1.29 is 0 Å². The van der Waals surface area contributed by atoms with Crippen LogP contribution < -0.4 is 4.90 Å². The predicted molar refractivity (Wildman–Crippen MR) is 204 cm³/mol. The average molecular weight is 613 g/mol. The molecule has 0 aliphatic carbocycles. The Kier molecular flexibility index (Phi) is 6.84. The molecule has 1 aromatic heterocycles. The van der Waals surface area contributed by atoms with E-state index in [0.29, 0.717) is 0 Å². The lowest BCUT2D eigenvalue weighted by atomic mass is 9.99. The van der Waals surface area contributed by atoms with Crippen LogP contribution in [0.2, 0.25) is 0 Å². The Morgan fingerprint density at radius 2 is 0.896 bits per heavy atom. The summed E-state index contributed by atoms with van der Waals surface area (Å²) in [4.78, 5) is 2.43. The number of fused-ring (bicyclic) bond motifs is 4. The summed E-state index contributed by atoms with van der Waals surface area (Å²) in [7, 11) is 0. The van der Waals surface area contributed by atoms with Gasteiger partial charge in [-0.25, -0.2) is 0 Å². The zero-order valence-electron chi connectivity index (χ0n) is 26.4. The van der Waals surface area contributed by atoms with Crippen LogP contribution in [0.15, 0.2) is 194 Å². The van der Waals surface area contributed by atoms with Crippen molar-refractivity contribution in [1.82, 2.24) is 4.57 Å². The second-order valence-electron chi connectivity index (χ2n) is 12.2. The van der Waals surface area contributed by atoms with E-state index in [0.717, 1.165) is 28.3 Å². The summed E-state index contributed by atoms with van der Waals surface area (Å²) in [5.74, 6) is 0. The minimum atomic E-state index is 1.10. The molecule has 8 aromatic carbocycles. The Hall–Kier alpha value is -6.38. The fourth-order valence-electron chi connectivity index (χ4n) is 7.15. The van der Waals surface area contributed by atoms with E-state index in [2.05, 4.69) is 204 Å². The van der Waals surface area contributed by atoms with Crippen LogP contribution in [-0.4, -0.2) is 4.57 Å². The average Bonchev–Trinajstić information content (AvgIpc) is 3.51. The quantitative estimate of drug-likeness (QED) is 0.181. The summed E-state index contributed by atoms with van der Waals surface area (Å²) in [6.07, 6.45) is 0. The van der Waals surface area contributed by atoms with Crippen molar-refractivity contribution in [3.63, 3.8) is 0 Å². The molecule has 0 unspecified atom stereocenters. The molecule has 0 bridgehead atoms. The van der Waals surface area contributed by atoms with Gasteiger partial charge >= 0.3 is 0 Å². The lowest BCUT2D eigenvalue weighted by Gasteiger charge is -2.29. The first-order chi connectivity index (χ1) is 23.8. The lowest BCUT2D eigenvalue weighted by molar-refractivity contribution is 1.17. The Labute approximate surface area is 280 Å². The Bertz CT molecular complexity index is 2490. The van der Waals surface area contributed by atoms with E-state index in [9.17, 15) is 0 Å². The molecule has 0 saturated heterocycles. The number of hydrogen-bond donors (Lipinski definition) is 0. The van der Waals surface area contributed by atoms with Gasteiger partial charge in [-0.15, -0.1) is 0 Å². The summed E-state index contributed by atoms with van der Waals surface area (Å²) in [6.45, 7) is 0. The molecular weight excluding hydrogens is 581 g/mol. The van der Waals surface area contributed by atoms with Crippen LogP contribution in [0, 0.1) is 0 Å². The SMILES string of the molecule is c1ccc(-c2ccc(N(c3ccc(-n4c5ccccc5c5ccccc54)cc3-c3ccccc3)c3cccc4ccccc34)cc2)cc1. The number of para-hydroxylation sites is 2. The summed E-state index contributed by atoms with van der Waals surface area (Å²) >= 11 is 0. The van der Waals surface area contributed by atoms with Gasteiger partial charge in [0.25, 0.3) is 0 Å². The maximum Gasteiger partial charge on any atom is 0.0541 e. The van der Waals surface area contributed by atoms with Gasteiger partial charge in [-0.1, -0.05) is 146 Å². The van der Waals surface area contributed by atoms with E-state index < -0.39 is 0 Å². The van der Waals surface area contributed by atoms with Gasteiger partial charge in [0.15, 0.2) is 0 Å². The van der Waals surface area contributed by atoms with Crippen LogP contribution in [0.1, 0.15) is 0 Å². The molecule has 0 N–H and O–H groups in total. The van der Waals surface area contributed by atoms with Crippen molar-refractivity contribution in [3.8, 4) is 27.9 Å². The fourth-order valence-corrected chi connectivity index (χ4v) is 7.15. The first-order valence-electron chi connectivity index (χ1n) is 16.4. The normalized spacial score (nSPS) is 11.3. The molecule has 9 rings (SSSR count). The topological polar surface area (TPSA) is 8.17 Å². The molecule has 0 saturated carbocycles. The van der Waals surface area contributed by atoms with Crippen LogP contribution >= 0.6 is 0 Å². The first kappa shape index (κ1) is 27.9. The highest BCUT2D eigenvalue weighted by molar-refractivity contribution is 6.09. The van der Waals surface area contributed by atoms with Crippen molar-refractivity contribution in [2.24, 2.45) is 0 Å². The number of aromatic nitrogens is 1. The molecule has 0 aliphatic heterocycles. The third-order valence-corrected chi connectivity index (χ3v) is 9.38. The van der Waals surface area contributed by atoms with Crippen LogP contribution in [0.25, 0.3) is 60.5 Å². The second kappa shape index (κ2) is 11.8. The van der Waals surface area contributed by atoms with E-state index in [1.165, 1.54) is 49.3 Å². The van der Waals surface area contributed by atoms with Crippen LogP contribution in [-0.2, 0) is 0 Å². The van der Waals surface area contributed by atoms with E-state index in [4.69, 9.17) is 0 Å². The predicted octanol–water partition coefficient (Wildman–Crippen LogP) is 12.7. The zero-order chi connectivity index (χ0) is 31.9. The van der Waals surface area contributed by atoms with Gasteiger partial charge in [-0.2, -0.15) is 0 Å². The van der Waals surface area contributed by atoms with Crippen molar-refractivity contribution in [2.75, 3.05) is 4.90 Å². The molecule has 0 spiro atoms. The van der Waals surface area contributed by atoms with Crippen molar-refractivity contribution in [2.45, 2.75) is 0 Å². The Morgan fingerprint density at radius 3 is 1.58 bits per heavy atom. The van der Waals surface area contributed by atoms with Crippen LogP contribution in [0.4, 0.5) is 17.1 Å². The highest BCUT2D eigenvalue weighted by atomic mass is 15.1. The van der Waals surface area contributed by atoms with Crippen molar-refractivity contribution in [1.29, 1.82) is 0 Å². The minimum Gasteiger partial charge on any atom is -0.309 e. The van der Waals surface area contributed by atoms with E-state index >= 15 is 0 Å². The molecule has 48 heavy (non-hydrogen) atoms. The largest absolute Gasteiger partial charge is 0.309 e. The van der Waals surface area contributed by atoms with E-state index in [1.54, 1.807) is 0 Å². The summed E-state index contributed by atoms with van der Waals surface area (Å²) < 4.78 is 2.40. The molecule has 2 nitrogen and oxygen atoms in total. The fraction of sp³-hybridized carbons (Fsp3) is 0. The highest BCUT2D eigenvalue weighted by Gasteiger charge is 2.21. The molecule has 0 aliphatic rings. The van der Waals surface area contributed by atoms with Gasteiger partial charge in [-0.3, -0.25) is 0 Å². The van der Waals surface area contributed by atoms with E-state index in [1.807, 2.05) is 0 Å². The summed E-state index contributed by atoms with van der Waals surface area (Å²) in [5, 5.41) is 4.94. The van der Waals surface area contributed by atoms with Gasteiger partial charge in [0, 0.05) is 33.1 Å². The molecule has 2 heteroatoms. The maximum absolute atomic E-state index is 2.43. The second-order valence-corrected chi connectivity index (χ2v) is 12.2. The molecule has 0 amide bonds. The van der Waals surface area contributed by atoms with Gasteiger partial charge in [-0.05, 0) is 70.6 Å². The lowest BCUT2D eigenvalue weighted by Crippen LogP contribution is -2.12. The summed E-state index contributed by atoms with van der Waals surface area (Å²) in [6, 6.07) is 69.9. The first-order valence-corrected chi connectivity index (χ1v) is 16.4. The smallest absolute Gasteiger partial charge is 0.0541 e. The molecular formula is C46H32N2. The number of anilines is 3.